The summed E-state index contributed by atoms with van der Waals surface area (Å²) < 4.78 is 0. The number of hydrogen-bond donors (Lipinski definition) is 0. The second-order valence-electron chi connectivity index (χ2n) is 7.99. The molecule has 1 fully saturated rings. The van der Waals surface area contributed by atoms with Gasteiger partial charge in [-0.25, -0.2) is 0 Å². The van der Waals surface area contributed by atoms with E-state index in [1.54, 1.807) is 4.90 Å². The molecule has 2 aromatic carbocycles. The number of anilines is 1. The zero-order chi connectivity index (χ0) is 20.8. The summed E-state index contributed by atoms with van der Waals surface area (Å²) in [6, 6.07) is 18.3. The minimum Gasteiger partial charge on any atom is -0.339 e. The van der Waals surface area contributed by atoms with Crippen LogP contribution in [0.1, 0.15) is 37.8 Å². The summed E-state index contributed by atoms with van der Waals surface area (Å²) in [7, 11) is 0. The number of piperazine rings is 1. The van der Waals surface area contributed by atoms with E-state index in [4.69, 9.17) is 0 Å². The van der Waals surface area contributed by atoms with Gasteiger partial charge in [0.2, 0.25) is 11.8 Å². The topological polar surface area (TPSA) is 43.9 Å². The van der Waals surface area contributed by atoms with Crippen LogP contribution in [0.3, 0.4) is 0 Å². The highest BCUT2D eigenvalue weighted by Crippen LogP contribution is 2.20. The van der Waals surface area contributed by atoms with Crippen LogP contribution in [0.5, 0.6) is 0 Å². The van der Waals surface area contributed by atoms with Crippen LogP contribution in [0.4, 0.5) is 5.69 Å². The third kappa shape index (κ3) is 5.67. The summed E-state index contributed by atoms with van der Waals surface area (Å²) in [6.45, 7) is 9.89. The lowest BCUT2D eigenvalue weighted by Crippen LogP contribution is -2.51. The molecule has 2 aromatic rings. The minimum absolute atomic E-state index is 0.00694. The maximum Gasteiger partial charge on any atom is 0.242 e. The predicted molar refractivity (Wildman–Crippen MR) is 117 cm³/mol. The van der Waals surface area contributed by atoms with E-state index < -0.39 is 0 Å². The van der Waals surface area contributed by atoms with E-state index >= 15 is 0 Å². The molecule has 0 N–H and O–H groups in total. The van der Waals surface area contributed by atoms with Crippen LogP contribution in [0.2, 0.25) is 0 Å². The molecule has 5 nitrogen and oxygen atoms in total. The van der Waals surface area contributed by atoms with Crippen LogP contribution in [0, 0.1) is 0 Å². The summed E-state index contributed by atoms with van der Waals surface area (Å²) >= 11 is 0. The maximum absolute atomic E-state index is 12.8. The van der Waals surface area contributed by atoms with Crippen molar-refractivity contribution in [3.05, 3.63) is 65.7 Å². The Balaban J connectivity index is 1.56. The van der Waals surface area contributed by atoms with Gasteiger partial charge in [-0.2, -0.15) is 0 Å². The third-order valence-corrected chi connectivity index (χ3v) is 5.52. The van der Waals surface area contributed by atoms with E-state index in [-0.39, 0.29) is 18.4 Å². The Morgan fingerprint density at radius 3 is 2.10 bits per heavy atom. The molecule has 2 amide bonds. The quantitative estimate of drug-likeness (QED) is 0.754. The molecule has 1 saturated heterocycles. The Kier molecular flexibility index (Phi) is 7.04. The summed E-state index contributed by atoms with van der Waals surface area (Å²) in [5, 5.41) is 0. The monoisotopic (exact) mass is 393 g/mol. The molecule has 1 aliphatic heterocycles. The molecule has 1 aliphatic rings. The number of nitrogens with zero attached hydrogens (tertiary/aromatic N) is 3. The summed E-state index contributed by atoms with van der Waals surface area (Å²) in [5.41, 5.74) is 3.29. The smallest absolute Gasteiger partial charge is 0.242 e. The summed E-state index contributed by atoms with van der Waals surface area (Å²) in [5.74, 6) is 0.328. The lowest BCUT2D eigenvalue weighted by Gasteiger charge is -2.35. The van der Waals surface area contributed by atoms with Crippen molar-refractivity contribution in [2.75, 3.05) is 37.6 Å². The Morgan fingerprint density at radius 2 is 1.55 bits per heavy atom. The van der Waals surface area contributed by atoms with Gasteiger partial charge in [0.25, 0.3) is 0 Å². The van der Waals surface area contributed by atoms with E-state index in [2.05, 4.69) is 43.0 Å². The molecule has 0 radical (unpaired) electrons. The third-order valence-electron chi connectivity index (χ3n) is 5.52. The van der Waals surface area contributed by atoms with Gasteiger partial charge in [-0.05, 0) is 29.2 Å². The second-order valence-corrected chi connectivity index (χ2v) is 7.99. The van der Waals surface area contributed by atoms with E-state index in [9.17, 15) is 9.59 Å². The van der Waals surface area contributed by atoms with Gasteiger partial charge in [-0.1, -0.05) is 56.3 Å². The first-order valence-electron chi connectivity index (χ1n) is 10.4. The van der Waals surface area contributed by atoms with Crippen molar-refractivity contribution in [3.8, 4) is 0 Å². The van der Waals surface area contributed by atoms with Crippen molar-refractivity contribution in [3.63, 3.8) is 0 Å². The number of amides is 2. The van der Waals surface area contributed by atoms with E-state index in [1.807, 2.05) is 35.2 Å². The molecule has 0 saturated carbocycles. The normalized spacial score (nSPS) is 14.8. The molecule has 29 heavy (non-hydrogen) atoms. The van der Waals surface area contributed by atoms with Gasteiger partial charge in [0.1, 0.15) is 6.54 Å². The largest absolute Gasteiger partial charge is 0.339 e. The van der Waals surface area contributed by atoms with E-state index in [0.29, 0.717) is 19.0 Å². The molecule has 0 unspecified atom stereocenters. The molecule has 3 rings (SSSR count). The summed E-state index contributed by atoms with van der Waals surface area (Å²) in [6.07, 6.45) is 0. The van der Waals surface area contributed by atoms with Crippen LogP contribution < -0.4 is 4.90 Å². The average molecular weight is 394 g/mol. The van der Waals surface area contributed by atoms with E-state index in [0.717, 1.165) is 25.3 Å². The molecular formula is C24H31N3O2. The van der Waals surface area contributed by atoms with Gasteiger partial charge in [0.05, 0.1) is 0 Å². The van der Waals surface area contributed by atoms with Crippen molar-refractivity contribution in [1.82, 2.24) is 9.80 Å². The highest BCUT2D eigenvalue weighted by molar-refractivity contribution is 5.97. The van der Waals surface area contributed by atoms with Crippen LogP contribution >= 0.6 is 0 Å². The number of rotatable bonds is 6. The molecule has 0 spiro atoms. The zero-order valence-electron chi connectivity index (χ0n) is 17.7. The standard InChI is InChI=1S/C24H31N3O2/c1-19(2)22-9-11-23(12-10-22)27(20(3)28)18-24(29)26-15-13-25(14-16-26)17-21-7-5-4-6-8-21/h4-12,19H,13-18H2,1-3H3. The molecule has 154 valence electrons. The number of carbonyl (C=O) groups excluding carboxylic acids is 2. The number of hydrogen-bond acceptors (Lipinski definition) is 3. The van der Waals surface area contributed by atoms with Crippen LogP contribution in [-0.2, 0) is 16.1 Å². The van der Waals surface area contributed by atoms with Crippen LogP contribution in [0.15, 0.2) is 54.6 Å². The van der Waals surface area contributed by atoms with Crippen LogP contribution in [0.25, 0.3) is 0 Å². The van der Waals surface area contributed by atoms with Gasteiger partial charge in [-0.3, -0.25) is 14.5 Å². The van der Waals surface area contributed by atoms with Gasteiger partial charge in [-0.15, -0.1) is 0 Å². The Bertz CT molecular complexity index is 810. The lowest BCUT2D eigenvalue weighted by atomic mass is 10.0. The lowest BCUT2D eigenvalue weighted by molar-refractivity contribution is -0.132. The van der Waals surface area contributed by atoms with Gasteiger partial charge >= 0.3 is 0 Å². The molecular weight excluding hydrogens is 362 g/mol. The summed E-state index contributed by atoms with van der Waals surface area (Å²) in [4.78, 5) is 30.8. The molecule has 5 heteroatoms. The minimum atomic E-state index is -0.113. The van der Waals surface area contributed by atoms with Crippen LogP contribution in [-0.4, -0.2) is 54.3 Å². The average Bonchev–Trinajstić information content (AvgIpc) is 2.73. The SMILES string of the molecule is CC(=O)N(CC(=O)N1CCN(Cc2ccccc2)CC1)c1ccc(C(C)C)cc1. The number of carbonyl (C=O) groups is 2. The highest BCUT2D eigenvalue weighted by Gasteiger charge is 2.24. The van der Waals surface area contributed by atoms with Crippen molar-refractivity contribution >= 4 is 17.5 Å². The molecule has 0 atom stereocenters. The molecule has 0 aliphatic carbocycles. The van der Waals surface area contributed by atoms with Gasteiger partial charge in [0, 0.05) is 45.3 Å². The van der Waals surface area contributed by atoms with Gasteiger partial charge in [0.15, 0.2) is 0 Å². The van der Waals surface area contributed by atoms with Gasteiger partial charge < -0.3 is 9.80 Å². The fourth-order valence-corrected chi connectivity index (χ4v) is 3.66. The Morgan fingerprint density at radius 1 is 0.931 bits per heavy atom. The first-order chi connectivity index (χ1) is 13.9. The highest BCUT2D eigenvalue weighted by atomic mass is 16.2. The molecule has 0 aromatic heterocycles. The Labute approximate surface area is 173 Å². The van der Waals surface area contributed by atoms with Crippen molar-refractivity contribution < 1.29 is 9.59 Å². The molecule has 0 bridgehead atoms. The fourth-order valence-electron chi connectivity index (χ4n) is 3.66. The fraction of sp³-hybridized carbons (Fsp3) is 0.417. The maximum atomic E-state index is 12.8. The first kappa shape index (κ1) is 21.1. The Hall–Kier alpha value is -2.66. The first-order valence-corrected chi connectivity index (χ1v) is 10.4. The molecule has 1 heterocycles. The van der Waals surface area contributed by atoms with Crippen molar-refractivity contribution in [1.29, 1.82) is 0 Å². The zero-order valence-corrected chi connectivity index (χ0v) is 17.7. The predicted octanol–water partition coefficient (Wildman–Crippen LogP) is 3.51. The van der Waals surface area contributed by atoms with Crippen molar-refractivity contribution in [2.45, 2.75) is 33.2 Å². The second kappa shape index (κ2) is 9.70. The van der Waals surface area contributed by atoms with Crippen molar-refractivity contribution in [2.24, 2.45) is 0 Å². The number of benzene rings is 2. The van der Waals surface area contributed by atoms with E-state index in [1.165, 1.54) is 18.1 Å².